The van der Waals surface area contributed by atoms with Crippen LogP contribution in [0.5, 0.6) is 0 Å². The summed E-state index contributed by atoms with van der Waals surface area (Å²) in [4.78, 5) is 17.1. The molecule has 1 aromatic heterocycles. The number of aromatic nitrogens is 2. The van der Waals surface area contributed by atoms with Crippen LogP contribution < -0.4 is 10.2 Å². The molecular weight excluding hydrogens is 338 g/mol. The van der Waals surface area contributed by atoms with Gasteiger partial charge in [-0.1, -0.05) is 17.7 Å². The van der Waals surface area contributed by atoms with E-state index < -0.39 is 0 Å². The van der Waals surface area contributed by atoms with Crippen molar-refractivity contribution in [2.45, 2.75) is 13.0 Å². The van der Waals surface area contributed by atoms with Crippen LogP contribution in [0.4, 0.5) is 5.69 Å². The second-order valence-corrected chi connectivity index (χ2v) is 6.85. The van der Waals surface area contributed by atoms with Crippen molar-refractivity contribution in [2.24, 2.45) is 7.05 Å². The number of piperazine rings is 1. The van der Waals surface area contributed by atoms with Crippen LogP contribution in [0.2, 0.25) is 5.02 Å². The van der Waals surface area contributed by atoms with Gasteiger partial charge in [0.2, 0.25) is 5.91 Å². The van der Waals surface area contributed by atoms with Crippen LogP contribution in [0, 0.1) is 6.92 Å². The fourth-order valence-corrected chi connectivity index (χ4v) is 3.46. The van der Waals surface area contributed by atoms with Crippen LogP contribution in [-0.4, -0.2) is 53.8 Å². The highest BCUT2D eigenvalue weighted by atomic mass is 35.5. The number of carbonyl (C=O) groups is 1. The van der Waals surface area contributed by atoms with Gasteiger partial charge in [0.15, 0.2) is 0 Å². The monoisotopic (exact) mass is 361 g/mol. The van der Waals surface area contributed by atoms with E-state index in [2.05, 4.69) is 22.2 Å². The van der Waals surface area contributed by atoms with Gasteiger partial charge in [-0.25, -0.2) is 0 Å². The van der Waals surface area contributed by atoms with E-state index in [0.29, 0.717) is 13.1 Å². The van der Waals surface area contributed by atoms with E-state index in [9.17, 15) is 4.79 Å². The third kappa shape index (κ3) is 3.80. The van der Waals surface area contributed by atoms with Gasteiger partial charge >= 0.3 is 0 Å². The molecule has 2 aromatic rings. The van der Waals surface area contributed by atoms with Gasteiger partial charge in [-0.3, -0.25) is 9.48 Å². The molecule has 0 radical (unpaired) electrons. The maximum Gasteiger partial charge on any atom is 0.244 e. The molecule has 1 saturated heterocycles. The second kappa shape index (κ2) is 7.45. The maximum atomic E-state index is 12.9. The molecule has 1 aliphatic heterocycles. The molecule has 7 heteroatoms. The number of rotatable bonds is 4. The summed E-state index contributed by atoms with van der Waals surface area (Å²) in [6.45, 7) is 5.09. The van der Waals surface area contributed by atoms with Crippen molar-refractivity contribution in [1.82, 2.24) is 20.0 Å². The van der Waals surface area contributed by atoms with Crippen molar-refractivity contribution in [3.05, 3.63) is 46.7 Å². The molecule has 134 valence electrons. The number of anilines is 1. The highest BCUT2D eigenvalue weighted by Gasteiger charge is 2.28. The zero-order valence-corrected chi connectivity index (χ0v) is 15.6. The first kappa shape index (κ1) is 17.8. The van der Waals surface area contributed by atoms with Gasteiger partial charge in [-0.15, -0.1) is 0 Å². The fourth-order valence-electron chi connectivity index (χ4n) is 3.30. The molecule has 0 bridgehead atoms. The van der Waals surface area contributed by atoms with Crippen molar-refractivity contribution >= 4 is 23.2 Å². The Hall–Kier alpha value is -2.05. The smallest absolute Gasteiger partial charge is 0.244 e. The Bertz CT molecular complexity index is 752. The topological polar surface area (TPSA) is 53.4 Å². The third-order valence-electron chi connectivity index (χ3n) is 4.70. The molecule has 3 rings (SSSR count). The molecule has 1 amide bonds. The molecular formula is C18H24ClN5O. The van der Waals surface area contributed by atoms with E-state index in [1.54, 1.807) is 17.9 Å². The first-order valence-electron chi connectivity index (χ1n) is 8.45. The molecule has 2 heterocycles. The predicted molar refractivity (Wildman–Crippen MR) is 100.0 cm³/mol. The SMILES string of the molecule is CNC(C(=O)N1CCN(c2cc(Cl)ccc2C)CC1)c1cnn(C)c1. The van der Waals surface area contributed by atoms with Crippen LogP contribution in [0.3, 0.4) is 0 Å². The summed E-state index contributed by atoms with van der Waals surface area (Å²) < 4.78 is 1.72. The normalized spacial score (nSPS) is 16.2. The van der Waals surface area contributed by atoms with Gasteiger partial charge in [0.25, 0.3) is 0 Å². The number of nitrogens with zero attached hydrogens (tertiary/aromatic N) is 4. The molecule has 1 aromatic carbocycles. The standard InChI is InChI=1S/C18H24ClN5O/c1-13-4-5-15(19)10-16(13)23-6-8-24(9-7-23)18(25)17(20-2)14-11-21-22(3)12-14/h4-5,10-12,17,20H,6-9H2,1-3H3. The van der Waals surface area contributed by atoms with Crippen LogP contribution >= 0.6 is 11.6 Å². The molecule has 1 unspecified atom stereocenters. The molecule has 0 spiro atoms. The number of halogens is 1. The predicted octanol–water partition coefficient (Wildman–Crippen LogP) is 1.99. The molecule has 1 N–H and O–H groups in total. The summed E-state index contributed by atoms with van der Waals surface area (Å²) >= 11 is 6.14. The first-order valence-corrected chi connectivity index (χ1v) is 8.83. The van der Waals surface area contributed by atoms with Crippen molar-refractivity contribution in [2.75, 3.05) is 38.1 Å². The number of likely N-dealkylation sites (N-methyl/N-ethyl adjacent to an activating group) is 1. The number of hydrogen-bond acceptors (Lipinski definition) is 4. The number of amides is 1. The van der Waals surface area contributed by atoms with Crippen LogP contribution in [0.1, 0.15) is 17.2 Å². The lowest BCUT2D eigenvalue weighted by atomic mass is 10.1. The Balaban J connectivity index is 1.67. The average Bonchev–Trinajstić information content (AvgIpc) is 3.04. The zero-order valence-electron chi connectivity index (χ0n) is 14.9. The number of carbonyl (C=O) groups excluding carboxylic acids is 1. The Morgan fingerprint density at radius 1 is 1.28 bits per heavy atom. The lowest BCUT2D eigenvalue weighted by Crippen LogP contribution is -2.51. The Morgan fingerprint density at radius 2 is 2.00 bits per heavy atom. The summed E-state index contributed by atoms with van der Waals surface area (Å²) in [5.74, 6) is 0.0953. The zero-order chi connectivity index (χ0) is 18.0. The number of benzene rings is 1. The minimum absolute atomic E-state index is 0.0953. The van der Waals surface area contributed by atoms with Crippen molar-refractivity contribution in [3.63, 3.8) is 0 Å². The van der Waals surface area contributed by atoms with Gasteiger partial charge in [-0.05, 0) is 31.7 Å². The van der Waals surface area contributed by atoms with Gasteiger partial charge < -0.3 is 15.1 Å². The Morgan fingerprint density at radius 3 is 2.60 bits per heavy atom. The lowest BCUT2D eigenvalue weighted by molar-refractivity contribution is -0.133. The van der Waals surface area contributed by atoms with Crippen LogP contribution in [-0.2, 0) is 11.8 Å². The minimum atomic E-state index is -0.354. The summed E-state index contributed by atoms with van der Waals surface area (Å²) in [5, 5.41) is 8.02. The van der Waals surface area contributed by atoms with Gasteiger partial charge in [-0.2, -0.15) is 5.10 Å². The molecule has 0 aliphatic carbocycles. The van der Waals surface area contributed by atoms with E-state index in [4.69, 9.17) is 11.6 Å². The van der Waals surface area contributed by atoms with E-state index in [0.717, 1.165) is 29.4 Å². The highest BCUT2D eigenvalue weighted by molar-refractivity contribution is 6.30. The van der Waals surface area contributed by atoms with E-state index in [1.807, 2.05) is 36.3 Å². The van der Waals surface area contributed by atoms with E-state index in [-0.39, 0.29) is 11.9 Å². The molecule has 6 nitrogen and oxygen atoms in total. The second-order valence-electron chi connectivity index (χ2n) is 6.41. The number of aryl methyl sites for hydroxylation is 2. The minimum Gasteiger partial charge on any atom is -0.368 e. The van der Waals surface area contributed by atoms with Crippen molar-refractivity contribution in [1.29, 1.82) is 0 Å². The molecule has 25 heavy (non-hydrogen) atoms. The first-order chi connectivity index (χ1) is 12.0. The Kier molecular flexibility index (Phi) is 5.30. The summed E-state index contributed by atoms with van der Waals surface area (Å²) in [5.41, 5.74) is 3.24. The molecule has 1 aliphatic rings. The van der Waals surface area contributed by atoms with E-state index in [1.165, 1.54) is 5.56 Å². The van der Waals surface area contributed by atoms with Gasteiger partial charge in [0.1, 0.15) is 6.04 Å². The maximum absolute atomic E-state index is 12.9. The van der Waals surface area contributed by atoms with E-state index >= 15 is 0 Å². The van der Waals surface area contributed by atoms with Crippen molar-refractivity contribution in [3.8, 4) is 0 Å². The number of hydrogen-bond donors (Lipinski definition) is 1. The third-order valence-corrected chi connectivity index (χ3v) is 4.93. The van der Waals surface area contributed by atoms with Gasteiger partial charge in [0.05, 0.1) is 6.20 Å². The number of nitrogens with one attached hydrogen (secondary N) is 1. The largest absolute Gasteiger partial charge is 0.368 e. The molecule has 1 atom stereocenters. The lowest BCUT2D eigenvalue weighted by Gasteiger charge is -2.38. The van der Waals surface area contributed by atoms with Crippen LogP contribution in [0.15, 0.2) is 30.6 Å². The molecule has 1 fully saturated rings. The fraction of sp³-hybridized carbons (Fsp3) is 0.444. The van der Waals surface area contributed by atoms with Crippen molar-refractivity contribution < 1.29 is 4.79 Å². The summed E-state index contributed by atoms with van der Waals surface area (Å²) in [6, 6.07) is 5.59. The van der Waals surface area contributed by atoms with Crippen LogP contribution in [0.25, 0.3) is 0 Å². The average molecular weight is 362 g/mol. The summed E-state index contributed by atoms with van der Waals surface area (Å²) in [6.07, 6.45) is 3.62. The quantitative estimate of drug-likeness (QED) is 0.904. The Labute approximate surface area is 153 Å². The van der Waals surface area contributed by atoms with Gasteiger partial charge in [0, 0.05) is 55.7 Å². The summed E-state index contributed by atoms with van der Waals surface area (Å²) in [7, 11) is 3.66. The molecule has 0 saturated carbocycles. The highest BCUT2D eigenvalue weighted by Crippen LogP contribution is 2.26.